The van der Waals surface area contributed by atoms with E-state index in [1.807, 2.05) is 4.90 Å². The average Bonchev–Trinajstić information content (AvgIpc) is 3.31. The molecule has 0 spiro atoms. The minimum atomic E-state index is -0.557. The number of nitro benzene ring substituents is 1. The summed E-state index contributed by atoms with van der Waals surface area (Å²) in [7, 11) is 0. The third-order valence-electron chi connectivity index (χ3n) is 6.17. The first-order chi connectivity index (χ1) is 18.3. The van der Waals surface area contributed by atoms with Crippen molar-refractivity contribution in [2.45, 2.75) is 19.3 Å². The summed E-state index contributed by atoms with van der Waals surface area (Å²) in [6.45, 7) is 1.51. The molecule has 0 bridgehead atoms. The van der Waals surface area contributed by atoms with Crippen molar-refractivity contribution in [1.29, 1.82) is 0 Å². The number of fused-ring (bicyclic) bond motifs is 1. The second kappa shape index (κ2) is 10.9. The summed E-state index contributed by atoms with van der Waals surface area (Å²) in [5.41, 5.74) is 2.81. The lowest BCUT2D eigenvalue weighted by Crippen LogP contribution is -2.34. The van der Waals surface area contributed by atoms with E-state index in [1.165, 1.54) is 6.07 Å². The highest BCUT2D eigenvalue weighted by Gasteiger charge is 2.23. The van der Waals surface area contributed by atoms with Crippen LogP contribution in [-0.4, -0.2) is 34.0 Å². The lowest BCUT2D eigenvalue weighted by molar-refractivity contribution is -0.384. The maximum absolute atomic E-state index is 12.8. The Kier molecular flexibility index (Phi) is 7.46. The van der Waals surface area contributed by atoms with Crippen LogP contribution in [0.2, 0.25) is 10.0 Å². The predicted molar refractivity (Wildman–Crippen MR) is 152 cm³/mol. The van der Waals surface area contributed by atoms with Crippen LogP contribution >= 0.6 is 35.4 Å². The Morgan fingerprint density at radius 3 is 2.58 bits per heavy atom. The molecule has 12 heteroatoms. The number of oxazole rings is 1. The Balaban J connectivity index is 1.29. The smallest absolute Gasteiger partial charge is 0.293 e. The summed E-state index contributed by atoms with van der Waals surface area (Å²) in [5, 5.41) is 18.2. The van der Waals surface area contributed by atoms with E-state index in [2.05, 4.69) is 15.6 Å². The van der Waals surface area contributed by atoms with Gasteiger partial charge in [0.25, 0.3) is 11.6 Å². The largest absolute Gasteiger partial charge is 0.436 e. The molecule has 0 aliphatic carbocycles. The van der Waals surface area contributed by atoms with E-state index in [-0.39, 0.29) is 16.4 Å². The maximum atomic E-state index is 12.8. The van der Waals surface area contributed by atoms with Crippen LogP contribution in [0, 0.1) is 10.1 Å². The number of rotatable bonds is 5. The van der Waals surface area contributed by atoms with Gasteiger partial charge in [0, 0.05) is 35.4 Å². The van der Waals surface area contributed by atoms with Crippen LogP contribution in [0.1, 0.15) is 29.6 Å². The first kappa shape index (κ1) is 25.9. The zero-order valence-corrected chi connectivity index (χ0v) is 22.2. The number of anilines is 2. The molecule has 2 N–H and O–H groups in total. The van der Waals surface area contributed by atoms with E-state index >= 15 is 0 Å². The number of hydrogen-bond acceptors (Lipinski definition) is 7. The van der Waals surface area contributed by atoms with Crippen LogP contribution in [0.3, 0.4) is 0 Å². The van der Waals surface area contributed by atoms with Crippen molar-refractivity contribution in [2.75, 3.05) is 23.3 Å². The van der Waals surface area contributed by atoms with Crippen molar-refractivity contribution in [2.24, 2.45) is 0 Å². The number of benzene rings is 3. The Morgan fingerprint density at radius 2 is 1.84 bits per heavy atom. The molecule has 1 aliphatic heterocycles. The Morgan fingerprint density at radius 1 is 1.05 bits per heavy atom. The fraction of sp³-hybridized carbons (Fsp3) is 0.192. The third kappa shape index (κ3) is 5.57. The summed E-state index contributed by atoms with van der Waals surface area (Å²) in [5.74, 6) is -0.220. The summed E-state index contributed by atoms with van der Waals surface area (Å²) in [6.07, 6.45) is 3.07. The van der Waals surface area contributed by atoms with E-state index in [9.17, 15) is 14.9 Å². The van der Waals surface area contributed by atoms with Gasteiger partial charge in [0.05, 0.1) is 15.5 Å². The lowest BCUT2D eigenvalue weighted by Gasteiger charge is -2.28. The minimum Gasteiger partial charge on any atom is -0.436 e. The molecule has 2 heterocycles. The Hall–Kier alpha value is -3.73. The molecular weight excluding hydrogens is 549 g/mol. The summed E-state index contributed by atoms with van der Waals surface area (Å²) < 4.78 is 5.81. The zero-order valence-electron chi connectivity index (χ0n) is 19.9. The molecule has 1 amide bonds. The number of piperidine rings is 1. The van der Waals surface area contributed by atoms with Gasteiger partial charge in [0.2, 0.25) is 5.89 Å². The van der Waals surface area contributed by atoms with Gasteiger partial charge >= 0.3 is 0 Å². The monoisotopic (exact) mass is 569 g/mol. The number of thiocarbonyl (C=S) groups is 1. The first-order valence-corrected chi connectivity index (χ1v) is 13.0. The number of aromatic nitrogens is 1. The van der Waals surface area contributed by atoms with Crippen LogP contribution in [0.25, 0.3) is 22.6 Å². The second-order valence-corrected chi connectivity index (χ2v) is 9.99. The molecule has 9 nitrogen and oxygen atoms in total. The van der Waals surface area contributed by atoms with Gasteiger partial charge in [0.1, 0.15) is 11.2 Å². The Labute approximate surface area is 232 Å². The summed E-state index contributed by atoms with van der Waals surface area (Å²) in [6, 6.07) is 14.7. The van der Waals surface area contributed by atoms with Crippen molar-refractivity contribution >= 4 is 74.6 Å². The average molecular weight is 570 g/mol. The lowest BCUT2D eigenvalue weighted by atomic mass is 10.1. The van der Waals surface area contributed by atoms with E-state index in [1.54, 1.807) is 48.5 Å². The van der Waals surface area contributed by atoms with Crippen molar-refractivity contribution in [3.05, 3.63) is 80.3 Å². The fourth-order valence-corrected chi connectivity index (χ4v) is 5.03. The molecule has 38 heavy (non-hydrogen) atoms. The highest BCUT2D eigenvalue weighted by molar-refractivity contribution is 7.80. The molecule has 1 saturated heterocycles. The van der Waals surface area contributed by atoms with Gasteiger partial charge in [-0.15, -0.1) is 0 Å². The summed E-state index contributed by atoms with van der Waals surface area (Å²) in [4.78, 5) is 30.5. The molecule has 5 rings (SSSR count). The molecule has 194 valence electrons. The normalized spacial score (nSPS) is 13.4. The standard InChI is InChI=1S/C26H21Cl2N5O4S/c27-16-5-7-18(19(28)13-16)25-30-20-14-17(6-9-23(20)37-25)29-26(38)31-24(34)15-4-8-21(22(12-15)33(35)36)32-10-2-1-3-11-32/h4-9,12-14H,1-3,10-11H2,(H2,29,31,34,38). The molecular formula is C26H21Cl2N5O4S. The number of nitro groups is 1. The van der Waals surface area contributed by atoms with E-state index < -0.39 is 10.8 Å². The maximum Gasteiger partial charge on any atom is 0.293 e. The minimum absolute atomic E-state index is 0.0292. The van der Waals surface area contributed by atoms with Crippen molar-refractivity contribution in [1.82, 2.24) is 10.3 Å². The van der Waals surface area contributed by atoms with Gasteiger partial charge in [-0.05, 0) is 80.0 Å². The van der Waals surface area contributed by atoms with Gasteiger partial charge in [-0.2, -0.15) is 0 Å². The number of nitrogens with zero attached hydrogens (tertiary/aromatic N) is 3. The second-order valence-electron chi connectivity index (χ2n) is 8.74. The first-order valence-electron chi connectivity index (χ1n) is 11.8. The van der Waals surface area contributed by atoms with Crippen LogP contribution in [0.4, 0.5) is 17.1 Å². The van der Waals surface area contributed by atoms with Gasteiger partial charge in [0.15, 0.2) is 10.7 Å². The van der Waals surface area contributed by atoms with Gasteiger partial charge in [-0.25, -0.2) is 4.98 Å². The van der Waals surface area contributed by atoms with Crippen LogP contribution in [0.5, 0.6) is 0 Å². The SMILES string of the molecule is O=C(NC(=S)Nc1ccc2oc(-c3ccc(Cl)cc3Cl)nc2c1)c1ccc(N2CCCCC2)c([N+](=O)[O-])c1. The van der Waals surface area contributed by atoms with E-state index in [0.29, 0.717) is 44.0 Å². The highest BCUT2D eigenvalue weighted by Crippen LogP contribution is 2.33. The fourth-order valence-electron chi connectivity index (χ4n) is 4.33. The van der Waals surface area contributed by atoms with Gasteiger partial charge < -0.3 is 14.6 Å². The van der Waals surface area contributed by atoms with Crippen LogP contribution in [-0.2, 0) is 0 Å². The molecule has 1 aliphatic rings. The molecule has 0 unspecified atom stereocenters. The zero-order chi connectivity index (χ0) is 26.8. The summed E-state index contributed by atoms with van der Waals surface area (Å²) >= 11 is 17.5. The third-order valence-corrected chi connectivity index (χ3v) is 6.92. The van der Waals surface area contributed by atoms with Gasteiger partial charge in [-0.1, -0.05) is 23.2 Å². The number of carbonyl (C=O) groups is 1. The molecule has 1 fully saturated rings. The molecule has 0 radical (unpaired) electrons. The van der Waals surface area contributed by atoms with Crippen molar-refractivity contribution < 1.29 is 14.1 Å². The number of amides is 1. The molecule has 0 atom stereocenters. The number of carbonyl (C=O) groups excluding carboxylic acids is 1. The van der Waals surface area contributed by atoms with Crippen molar-refractivity contribution in [3.63, 3.8) is 0 Å². The quantitative estimate of drug-likeness (QED) is 0.153. The molecule has 4 aromatic rings. The highest BCUT2D eigenvalue weighted by atomic mass is 35.5. The topological polar surface area (TPSA) is 114 Å². The van der Waals surface area contributed by atoms with Crippen LogP contribution < -0.4 is 15.5 Å². The Bertz CT molecular complexity index is 1570. The number of halogens is 2. The molecule has 3 aromatic carbocycles. The van der Waals surface area contributed by atoms with Gasteiger partial charge in [-0.3, -0.25) is 20.2 Å². The molecule has 0 saturated carbocycles. The van der Waals surface area contributed by atoms with E-state index in [4.69, 9.17) is 39.8 Å². The number of nitrogens with one attached hydrogen (secondary N) is 2. The number of hydrogen-bond donors (Lipinski definition) is 2. The molecule has 1 aromatic heterocycles. The van der Waals surface area contributed by atoms with Crippen LogP contribution in [0.15, 0.2) is 59.0 Å². The van der Waals surface area contributed by atoms with E-state index in [0.717, 1.165) is 32.4 Å². The van der Waals surface area contributed by atoms with Crippen molar-refractivity contribution in [3.8, 4) is 11.5 Å². The predicted octanol–water partition coefficient (Wildman–Crippen LogP) is 6.83.